The monoisotopic (exact) mass is 482 g/mol. The molecule has 3 aromatic rings. The highest BCUT2D eigenvalue weighted by Gasteiger charge is 2.29. The van der Waals surface area contributed by atoms with Crippen molar-refractivity contribution in [3.8, 4) is 0 Å². The van der Waals surface area contributed by atoms with Gasteiger partial charge in [-0.2, -0.15) is 0 Å². The van der Waals surface area contributed by atoms with Gasteiger partial charge in [-0.3, -0.25) is 19.4 Å². The highest BCUT2D eigenvalue weighted by atomic mass is 19.1. The Morgan fingerprint density at radius 3 is 2.26 bits per heavy atom. The number of nitrogens with zero attached hydrogens (tertiary/aromatic N) is 2. The Bertz CT molecular complexity index is 1260. The zero-order chi connectivity index (χ0) is 24.9. The summed E-state index contributed by atoms with van der Waals surface area (Å²) >= 11 is 0. The van der Waals surface area contributed by atoms with Crippen LogP contribution in [-0.2, 0) is 4.79 Å². The third kappa shape index (κ3) is 5.65. The third-order valence-electron chi connectivity index (χ3n) is 5.70. The molecular weight excluding hydrogens is 461 g/mol. The van der Waals surface area contributed by atoms with Crippen molar-refractivity contribution in [3.63, 3.8) is 0 Å². The van der Waals surface area contributed by atoms with Gasteiger partial charge in [-0.15, -0.1) is 0 Å². The van der Waals surface area contributed by atoms with Crippen molar-refractivity contribution in [3.05, 3.63) is 89.5 Å². The van der Waals surface area contributed by atoms with Crippen LogP contribution in [0.15, 0.2) is 60.8 Å². The van der Waals surface area contributed by atoms with Crippen LogP contribution in [0.25, 0.3) is 0 Å². The maximum absolute atomic E-state index is 14.0. The number of carbonyl (C=O) groups excluding carboxylic acids is 3. The summed E-state index contributed by atoms with van der Waals surface area (Å²) in [4.78, 5) is 43.2. The lowest BCUT2D eigenvalue weighted by atomic mass is 9.95. The van der Waals surface area contributed by atoms with Gasteiger partial charge >= 0.3 is 0 Å². The van der Waals surface area contributed by atoms with Gasteiger partial charge in [0.25, 0.3) is 11.8 Å². The Kier molecular flexibility index (Phi) is 7.09. The molecular formula is C25H21F3N4O3. The Balaban J connectivity index is 1.39. The van der Waals surface area contributed by atoms with E-state index in [0.717, 1.165) is 24.3 Å². The average molecular weight is 482 g/mol. The molecule has 0 spiro atoms. The van der Waals surface area contributed by atoms with Crippen molar-refractivity contribution in [2.45, 2.75) is 12.8 Å². The van der Waals surface area contributed by atoms with Gasteiger partial charge in [-0.05, 0) is 55.3 Å². The molecule has 2 N–H and O–H groups in total. The molecule has 1 aliphatic rings. The van der Waals surface area contributed by atoms with E-state index in [4.69, 9.17) is 0 Å². The molecule has 0 radical (unpaired) electrons. The molecule has 1 saturated heterocycles. The van der Waals surface area contributed by atoms with Crippen molar-refractivity contribution >= 4 is 29.1 Å². The summed E-state index contributed by atoms with van der Waals surface area (Å²) < 4.78 is 41.0. The second-order valence-corrected chi connectivity index (χ2v) is 8.04. The molecule has 3 amide bonds. The molecule has 4 rings (SSSR count). The number of halogens is 3. The highest BCUT2D eigenvalue weighted by Crippen LogP contribution is 2.27. The van der Waals surface area contributed by atoms with Crippen molar-refractivity contribution in [2.24, 2.45) is 5.92 Å². The van der Waals surface area contributed by atoms with E-state index in [-0.39, 0.29) is 35.7 Å². The molecule has 7 nitrogen and oxygen atoms in total. The van der Waals surface area contributed by atoms with Crippen molar-refractivity contribution in [2.75, 3.05) is 23.7 Å². The lowest BCUT2D eigenvalue weighted by Crippen LogP contribution is -2.41. The van der Waals surface area contributed by atoms with Crippen LogP contribution in [0.4, 0.5) is 24.5 Å². The predicted molar refractivity (Wildman–Crippen MR) is 122 cm³/mol. The first kappa shape index (κ1) is 23.9. The van der Waals surface area contributed by atoms with Gasteiger partial charge < -0.3 is 15.5 Å². The molecule has 180 valence electrons. The summed E-state index contributed by atoms with van der Waals surface area (Å²) in [6.45, 7) is 0.389. The number of likely N-dealkylation sites (tertiary alicyclic amines) is 1. The standard InChI is InChI=1S/C25H21F3N4O3/c26-16-4-6-18(19(28)13-16)25(35)32-11-8-15(9-12-32)23(33)31-22-14-17(27)5-7-20(22)30-24(34)21-3-1-2-10-29-21/h1-7,10,13-15H,8-9,11-12H2,(H,30,34)(H,31,33). The number of anilines is 2. The molecule has 0 aliphatic carbocycles. The van der Waals surface area contributed by atoms with Crippen LogP contribution in [0.3, 0.4) is 0 Å². The van der Waals surface area contributed by atoms with E-state index in [0.29, 0.717) is 18.9 Å². The number of benzene rings is 2. The van der Waals surface area contributed by atoms with E-state index in [1.54, 1.807) is 12.1 Å². The molecule has 1 fully saturated rings. The molecule has 0 atom stereocenters. The maximum Gasteiger partial charge on any atom is 0.274 e. The molecule has 0 bridgehead atoms. The fourth-order valence-corrected chi connectivity index (χ4v) is 3.83. The van der Waals surface area contributed by atoms with Crippen LogP contribution in [0.1, 0.15) is 33.7 Å². The van der Waals surface area contributed by atoms with Crippen LogP contribution in [0, 0.1) is 23.4 Å². The largest absolute Gasteiger partial charge is 0.339 e. The van der Waals surface area contributed by atoms with E-state index in [1.807, 2.05) is 0 Å². The van der Waals surface area contributed by atoms with Crippen LogP contribution < -0.4 is 10.6 Å². The van der Waals surface area contributed by atoms with E-state index in [9.17, 15) is 27.6 Å². The van der Waals surface area contributed by atoms with Gasteiger partial charge in [0, 0.05) is 31.3 Å². The van der Waals surface area contributed by atoms with Gasteiger partial charge in [0.15, 0.2) is 0 Å². The summed E-state index contributed by atoms with van der Waals surface area (Å²) in [5, 5.41) is 5.26. The van der Waals surface area contributed by atoms with Crippen LogP contribution in [0.5, 0.6) is 0 Å². The SMILES string of the molecule is O=C(Nc1ccc(F)cc1NC(=O)C1CCN(C(=O)c2ccc(F)cc2F)CC1)c1ccccn1. The summed E-state index contributed by atoms with van der Waals surface area (Å²) in [5.41, 5.74) is 0.215. The Morgan fingerprint density at radius 2 is 1.57 bits per heavy atom. The van der Waals surface area contributed by atoms with Crippen LogP contribution in [0.2, 0.25) is 0 Å². The van der Waals surface area contributed by atoms with Gasteiger partial charge in [0.1, 0.15) is 23.1 Å². The van der Waals surface area contributed by atoms with Crippen LogP contribution >= 0.6 is 0 Å². The van der Waals surface area contributed by atoms with E-state index >= 15 is 0 Å². The number of rotatable bonds is 5. The molecule has 35 heavy (non-hydrogen) atoms. The summed E-state index contributed by atoms with van der Waals surface area (Å²) in [5.74, 6) is -4.30. The molecule has 2 aromatic carbocycles. The fraction of sp³-hybridized carbons (Fsp3) is 0.200. The summed E-state index contributed by atoms with van der Waals surface area (Å²) in [6.07, 6.45) is 2.06. The number of carbonyl (C=O) groups is 3. The molecule has 2 heterocycles. The first-order valence-electron chi connectivity index (χ1n) is 10.9. The number of hydrogen-bond acceptors (Lipinski definition) is 4. The van der Waals surface area contributed by atoms with Gasteiger partial charge in [-0.25, -0.2) is 13.2 Å². The van der Waals surface area contributed by atoms with E-state index in [2.05, 4.69) is 15.6 Å². The summed E-state index contributed by atoms with van der Waals surface area (Å²) in [6, 6.07) is 11.2. The lowest BCUT2D eigenvalue weighted by Gasteiger charge is -2.31. The Morgan fingerprint density at radius 1 is 0.857 bits per heavy atom. The van der Waals surface area contributed by atoms with Crippen molar-refractivity contribution < 1.29 is 27.6 Å². The molecule has 0 unspecified atom stereocenters. The minimum absolute atomic E-state index is 0.0890. The minimum atomic E-state index is -0.943. The first-order valence-corrected chi connectivity index (χ1v) is 10.9. The van der Waals surface area contributed by atoms with Gasteiger partial charge in [-0.1, -0.05) is 6.07 Å². The molecule has 10 heteroatoms. The third-order valence-corrected chi connectivity index (χ3v) is 5.70. The Labute approximate surface area is 199 Å². The zero-order valence-electron chi connectivity index (χ0n) is 18.4. The second-order valence-electron chi connectivity index (χ2n) is 8.04. The zero-order valence-corrected chi connectivity index (χ0v) is 18.4. The van der Waals surface area contributed by atoms with E-state index < -0.39 is 41.1 Å². The fourth-order valence-electron chi connectivity index (χ4n) is 3.83. The Hall–Kier alpha value is -4.21. The summed E-state index contributed by atoms with van der Waals surface area (Å²) in [7, 11) is 0. The second kappa shape index (κ2) is 10.4. The predicted octanol–water partition coefficient (Wildman–Crippen LogP) is 4.24. The molecule has 1 aliphatic heterocycles. The minimum Gasteiger partial charge on any atom is -0.339 e. The van der Waals surface area contributed by atoms with E-state index in [1.165, 1.54) is 23.2 Å². The molecule has 0 saturated carbocycles. The number of piperidine rings is 1. The molecule has 1 aromatic heterocycles. The maximum atomic E-state index is 14.0. The number of aromatic nitrogens is 1. The average Bonchev–Trinajstić information content (AvgIpc) is 2.86. The lowest BCUT2D eigenvalue weighted by molar-refractivity contribution is -0.121. The van der Waals surface area contributed by atoms with Gasteiger partial charge in [0.05, 0.1) is 16.9 Å². The van der Waals surface area contributed by atoms with Gasteiger partial charge in [0.2, 0.25) is 5.91 Å². The first-order chi connectivity index (χ1) is 16.8. The smallest absolute Gasteiger partial charge is 0.274 e. The quantitative estimate of drug-likeness (QED) is 0.569. The highest BCUT2D eigenvalue weighted by molar-refractivity contribution is 6.06. The normalized spacial score (nSPS) is 13.9. The topological polar surface area (TPSA) is 91.4 Å². The van der Waals surface area contributed by atoms with Crippen molar-refractivity contribution in [1.29, 1.82) is 0 Å². The van der Waals surface area contributed by atoms with Crippen molar-refractivity contribution in [1.82, 2.24) is 9.88 Å². The number of hydrogen-bond donors (Lipinski definition) is 2. The number of nitrogens with one attached hydrogen (secondary N) is 2. The number of pyridine rings is 1. The number of amides is 3. The van der Waals surface area contributed by atoms with Crippen LogP contribution in [-0.4, -0.2) is 40.7 Å².